The number of sulfonamides is 1. The van der Waals surface area contributed by atoms with E-state index in [2.05, 4.69) is 4.72 Å². The van der Waals surface area contributed by atoms with Gasteiger partial charge in [0.1, 0.15) is 5.82 Å². The van der Waals surface area contributed by atoms with Crippen LogP contribution in [0.5, 0.6) is 0 Å². The van der Waals surface area contributed by atoms with Crippen LogP contribution < -0.4 is 4.72 Å². The van der Waals surface area contributed by atoms with Crippen molar-refractivity contribution < 1.29 is 22.7 Å². The van der Waals surface area contributed by atoms with E-state index in [0.717, 1.165) is 12.8 Å². The lowest BCUT2D eigenvalue weighted by Gasteiger charge is -2.36. The van der Waals surface area contributed by atoms with Crippen molar-refractivity contribution in [2.24, 2.45) is 0 Å². The number of hydrogen-bond acceptors (Lipinski definition) is 4. The van der Waals surface area contributed by atoms with Gasteiger partial charge >= 0.3 is 0 Å². The Hall–Kier alpha value is -1.02. The van der Waals surface area contributed by atoms with Gasteiger partial charge in [-0.05, 0) is 56.2 Å². The lowest BCUT2D eigenvalue weighted by molar-refractivity contribution is -0.00665. The van der Waals surface area contributed by atoms with Crippen LogP contribution in [0.25, 0.3) is 0 Å². The fourth-order valence-electron chi connectivity index (χ4n) is 3.60. The molecule has 1 aromatic rings. The summed E-state index contributed by atoms with van der Waals surface area (Å²) in [4.78, 5) is 0. The number of hydrogen-bond donors (Lipinski definition) is 2. The van der Waals surface area contributed by atoms with Crippen molar-refractivity contribution >= 4 is 10.0 Å². The van der Waals surface area contributed by atoms with Crippen LogP contribution >= 0.6 is 0 Å². The molecule has 0 radical (unpaired) electrons. The molecular formula is C17H24FNO4S. The van der Waals surface area contributed by atoms with Crippen molar-refractivity contribution in [3.05, 3.63) is 35.6 Å². The minimum Gasteiger partial charge on any atom is -0.385 e. The highest BCUT2D eigenvalue weighted by atomic mass is 32.2. The summed E-state index contributed by atoms with van der Waals surface area (Å²) in [6.07, 6.45) is 3.34. The molecule has 1 aliphatic heterocycles. The zero-order valence-electron chi connectivity index (χ0n) is 13.6. The maximum absolute atomic E-state index is 13.4. The Morgan fingerprint density at radius 3 is 2.67 bits per heavy atom. The van der Waals surface area contributed by atoms with Crippen molar-refractivity contribution in [2.75, 3.05) is 12.4 Å². The van der Waals surface area contributed by atoms with E-state index in [1.807, 2.05) is 0 Å². The molecule has 0 amide bonds. The molecule has 1 atom stereocenters. The van der Waals surface area contributed by atoms with E-state index in [1.54, 1.807) is 12.1 Å². The molecule has 1 aliphatic carbocycles. The molecule has 24 heavy (non-hydrogen) atoms. The van der Waals surface area contributed by atoms with E-state index in [4.69, 9.17) is 4.74 Å². The second-order valence-corrected chi connectivity index (χ2v) is 8.65. The molecular weight excluding hydrogens is 333 g/mol. The summed E-state index contributed by atoms with van der Waals surface area (Å²) in [6, 6.07) is 5.80. The van der Waals surface area contributed by atoms with Gasteiger partial charge in [-0.1, -0.05) is 12.1 Å². The monoisotopic (exact) mass is 357 g/mol. The first kappa shape index (κ1) is 17.8. The van der Waals surface area contributed by atoms with Crippen LogP contribution in [0.2, 0.25) is 0 Å². The van der Waals surface area contributed by atoms with Gasteiger partial charge in [0.2, 0.25) is 10.0 Å². The van der Waals surface area contributed by atoms with Crippen molar-refractivity contribution in [1.82, 2.24) is 4.72 Å². The smallest absolute Gasteiger partial charge is 0.214 e. The Kier molecular flexibility index (Phi) is 5.24. The molecule has 0 spiro atoms. The molecule has 7 heteroatoms. The SMILES string of the molecule is O=S(=O)(CC1CCCO1)NC1CCC(O)(c2cccc(F)c2)CC1. The van der Waals surface area contributed by atoms with Crippen LogP contribution in [0.4, 0.5) is 4.39 Å². The number of benzene rings is 1. The Labute approximate surface area is 142 Å². The maximum Gasteiger partial charge on any atom is 0.214 e. The molecule has 0 aromatic heterocycles. The summed E-state index contributed by atoms with van der Waals surface area (Å²) in [6.45, 7) is 0.629. The molecule has 0 bridgehead atoms. The fraction of sp³-hybridized carbons (Fsp3) is 0.647. The Balaban J connectivity index is 1.56. The third kappa shape index (κ3) is 4.33. The van der Waals surface area contributed by atoms with E-state index in [9.17, 15) is 17.9 Å². The second kappa shape index (κ2) is 7.07. The van der Waals surface area contributed by atoms with Crippen LogP contribution in [-0.2, 0) is 20.4 Å². The normalized spacial score (nSPS) is 31.2. The topological polar surface area (TPSA) is 75.6 Å². The van der Waals surface area contributed by atoms with E-state index in [-0.39, 0.29) is 23.7 Å². The molecule has 1 saturated heterocycles. The van der Waals surface area contributed by atoms with Gasteiger partial charge in [-0.3, -0.25) is 0 Å². The lowest BCUT2D eigenvalue weighted by Crippen LogP contribution is -2.44. The molecule has 1 saturated carbocycles. The van der Waals surface area contributed by atoms with Gasteiger partial charge in [-0.15, -0.1) is 0 Å². The number of nitrogens with one attached hydrogen (secondary N) is 1. The van der Waals surface area contributed by atoms with Crippen LogP contribution in [0, 0.1) is 5.82 Å². The van der Waals surface area contributed by atoms with Gasteiger partial charge in [-0.2, -0.15) is 0 Å². The van der Waals surface area contributed by atoms with E-state index < -0.39 is 15.6 Å². The maximum atomic E-state index is 13.4. The van der Waals surface area contributed by atoms with Crippen LogP contribution in [0.3, 0.4) is 0 Å². The third-order valence-electron chi connectivity index (χ3n) is 4.95. The predicted octanol–water partition coefficient (Wildman–Crippen LogP) is 2.05. The van der Waals surface area contributed by atoms with E-state index in [1.165, 1.54) is 12.1 Å². The molecule has 1 heterocycles. The first-order valence-electron chi connectivity index (χ1n) is 8.46. The molecule has 2 N–H and O–H groups in total. The fourth-order valence-corrected chi connectivity index (χ4v) is 5.19. The van der Waals surface area contributed by atoms with Crippen LogP contribution in [0.1, 0.15) is 44.1 Å². The highest BCUT2D eigenvalue weighted by molar-refractivity contribution is 7.89. The molecule has 3 rings (SSSR count). The highest BCUT2D eigenvalue weighted by Gasteiger charge is 2.36. The summed E-state index contributed by atoms with van der Waals surface area (Å²) in [5.74, 6) is -0.377. The third-order valence-corrected chi connectivity index (χ3v) is 6.45. The van der Waals surface area contributed by atoms with Gasteiger partial charge in [0.05, 0.1) is 17.5 Å². The Bertz CT molecular complexity index is 665. The molecule has 5 nitrogen and oxygen atoms in total. The molecule has 1 aromatic carbocycles. The molecule has 2 fully saturated rings. The number of rotatable bonds is 5. The van der Waals surface area contributed by atoms with Crippen molar-refractivity contribution in [3.8, 4) is 0 Å². The van der Waals surface area contributed by atoms with Gasteiger partial charge < -0.3 is 9.84 Å². The predicted molar refractivity (Wildman–Crippen MR) is 88.4 cm³/mol. The number of ether oxygens (including phenoxy) is 1. The first-order chi connectivity index (χ1) is 11.4. The molecule has 1 unspecified atom stereocenters. The van der Waals surface area contributed by atoms with Gasteiger partial charge in [0, 0.05) is 12.6 Å². The summed E-state index contributed by atoms with van der Waals surface area (Å²) >= 11 is 0. The van der Waals surface area contributed by atoms with Crippen LogP contribution in [-0.4, -0.2) is 38.0 Å². The summed E-state index contributed by atoms with van der Waals surface area (Å²) in [7, 11) is -3.39. The van der Waals surface area contributed by atoms with Crippen molar-refractivity contribution in [1.29, 1.82) is 0 Å². The minimum atomic E-state index is -3.39. The minimum absolute atomic E-state index is 0.00232. The quantitative estimate of drug-likeness (QED) is 0.846. The van der Waals surface area contributed by atoms with E-state index in [0.29, 0.717) is 37.9 Å². The lowest BCUT2D eigenvalue weighted by atomic mass is 9.78. The highest BCUT2D eigenvalue weighted by Crippen LogP contribution is 2.37. The van der Waals surface area contributed by atoms with Gasteiger partial charge in [0.25, 0.3) is 0 Å². The number of halogens is 1. The first-order valence-corrected chi connectivity index (χ1v) is 10.1. The van der Waals surface area contributed by atoms with Gasteiger partial charge in [-0.25, -0.2) is 17.5 Å². The Morgan fingerprint density at radius 1 is 1.29 bits per heavy atom. The summed E-state index contributed by atoms with van der Waals surface area (Å²) in [5, 5.41) is 10.7. The average Bonchev–Trinajstić information content (AvgIpc) is 3.02. The van der Waals surface area contributed by atoms with Crippen LogP contribution in [0.15, 0.2) is 24.3 Å². The molecule has 2 aliphatic rings. The van der Waals surface area contributed by atoms with Gasteiger partial charge in [0.15, 0.2) is 0 Å². The Morgan fingerprint density at radius 2 is 2.04 bits per heavy atom. The molecule has 134 valence electrons. The average molecular weight is 357 g/mol. The van der Waals surface area contributed by atoms with Crippen molar-refractivity contribution in [2.45, 2.75) is 56.3 Å². The summed E-state index contributed by atoms with van der Waals surface area (Å²) < 4.78 is 45.9. The largest absolute Gasteiger partial charge is 0.385 e. The standard InChI is InChI=1S/C17H24FNO4S/c18-14-4-1-3-13(11-14)17(20)8-6-15(7-9-17)19-24(21,22)12-16-5-2-10-23-16/h1,3-4,11,15-16,19-20H,2,5-10,12H2. The van der Waals surface area contributed by atoms with Crippen molar-refractivity contribution in [3.63, 3.8) is 0 Å². The van der Waals surface area contributed by atoms with E-state index >= 15 is 0 Å². The zero-order chi connectivity index (χ0) is 17.2. The second-order valence-electron chi connectivity index (χ2n) is 6.85. The summed E-state index contributed by atoms with van der Waals surface area (Å²) in [5.41, 5.74) is -0.526. The number of aliphatic hydroxyl groups is 1. The zero-order valence-corrected chi connectivity index (χ0v) is 14.4.